The molecule has 0 saturated heterocycles. The number of hydrogen-bond acceptors (Lipinski definition) is 3. The topological polar surface area (TPSA) is 54.0 Å². The fraction of sp³-hybridized carbons (Fsp3) is 0.625. The van der Waals surface area contributed by atoms with E-state index in [1.165, 1.54) is 32.1 Å². The van der Waals surface area contributed by atoms with Gasteiger partial charge in [0, 0.05) is 13.1 Å². The van der Waals surface area contributed by atoms with Crippen molar-refractivity contribution < 1.29 is 4.79 Å². The highest BCUT2D eigenvalue weighted by molar-refractivity contribution is 6.33. The molecule has 2 N–H and O–H groups in total. The van der Waals surface area contributed by atoms with Gasteiger partial charge >= 0.3 is 0 Å². The van der Waals surface area contributed by atoms with Crippen molar-refractivity contribution >= 4 is 23.3 Å². The number of carbonyl (C=O) groups excluding carboxylic acids is 1. The minimum Gasteiger partial charge on any atom is -0.370 e. The van der Waals surface area contributed by atoms with Crippen molar-refractivity contribution in [3.63, 3.8) is 0 Å². The highest BCUT2D eigenvalue weighted by Gasteiger charge is 2.27. The third-order valence-corrected chi connectivity index (χ3v) is 4.46. The van der Waals surface area contributed by atoms with Gasteiger partial charge in [0.15, 0.2) is 0 Å². The maximum absolute atomic E-state index is 12.3. The molecule has 1 aromatic heterocycles. The Labute approximate surface area is 131 Å². The van der Waals surface area contributed by atoms with Crippen molar-refractivity contribution in [3.05, 3.63) is 22.8 Å². The van der Waals surface area contributed by atoms with Gasteiger partial charge < -0.3 is 10.6 Å². The molecule has 1 aliphatic rings. The Kier molecular flexibility index (Phi) is 5.45. The van der Waals surface area contributed by atoms with Crippen LogP contribution in [-0.4, -0.2) is 24.0 Å². The maximum atomic E-state index is 12.3. The maximum Gasteiger partial charge on any atom is 0.271 e. The van der Waals surface area contributed by atoms with Crippen LogP contribution in [0.2, 0.25) is 5.02 Å². The monoisotopic (exact) mass is 309 g/mol. The molecule has 2 rings (SSSR count). The van der Waals surface area contributed by atoms with Gasteiger partial charge in [-0.1, -0.05) is 37.8 Å². The number of anilines is 1. The Morgan fingerprint density at radius 2 is 2.05 bits per heavy atom. The second kappa shape index (κ2) is 7.12. The van der Waals surface area contributed by atoms with Crippen LogP contribution in [0.1, 0.15) is 56.4 Å². The van der Waals surface area contributed by atoms with Crippen LogP contribution in [0.25, 0.3) is 0 Å². The third-order valence-electron chi connectivity index (χ3n) is 4.16. The lowest BCUT2D eigenvalue weighted by Crippen LogP contribution is -2.37. The molecule has 4 nitrogen and oxygen atoms in total. The zero-order valence-electron chi connectivity index (χ0n) is 12.8. The summed E-state index contributed by atoms with van der Waals surface area (Å²) < 4.78 is 0. The predicted molar refractivity (Wildman–Crippen MR) is 86.9 cm³/mol. The van der Waals surface area contributed by atoms with Crippen molar-refractivity contribution in [1.82, 2.24) is 10.3 Å². The van der Waals surface area contributed by atoms with E-state index in [4.69, 9.17) is 11.6 Å². The summed E-state index contributed by atoms with van der Waals surface area (Å²) in [5, 5.41) is 6.49. The highest BCUT2D eigenvalue weighted by Crippen LogP contribution is 2.35. The minimum atomic E-state index is -0.188. The van der Waals surface area contributed by atoms with E-state index in [2.05, 4.69) is 22.5 Å². The van der Waals surface area contributed by atoms with Gasteiger partial charge in [0.2, 0.25) is 0 Å². The van der Waals surface area contributed by atoms with E-state index in [0.717, 1.165) is 6.54 Å². The molecular formula is C16H24ClN3O. The fourth-order valence-corrected chi connectivity index (χ4v) is 3.03. The number of carbonyl (C=O) groups is 1. The molecule has 0 spiro atoms. The van der Waals surface area contributed by atoms with Crippen molar-refractivity contribution in [2.24, 2.45) is 5.41 Å². The quantitative estimate of drug-likeness (QED) is 0.868. The second-order valence-corrected chi connectivity index (χ2v) is 6.52. The van der Waals surface area contributed by atoms with E-state index in [-0.39, 0.29) is 11.3 Å². The molecule has 1 amide bonds. The Bertz CT molecular complexity index is 498. The second-order valence-electron chi connectivity index (χ2n) is 6.11. The van der Waals surface area contributed by atoms with Crippen LogP contribution >= 0.6 is 11.6 Å². The molecule has 1 saturated carbocycles. The lowest BCUT2D eigenvalue weighted by molar-refractivity contribution is 0.0914. The zero-order chi connectivity index (χ0) is 15.3. The van der Waals surface area contributed by atoms with E-state index >= 15 is 0 Å². The SMILES string of the molecule is CCNc1ccc(Cl)c(C(=O)NCC2(C)CCCCC2)n1. The number of nitrogens with zero attached hydrogens (tertiary/aromatic N) is 1. The summed E-state index contributed by atoms with van der Waals surface area (Å²) in [5.41, 5.74) is 0.508. The average molecular weight is 310 g/mol. The molecule has 1 fully saturated rings. The summed E-state index contributed by atoms with van der Waals surface area (Å²) in [5.74, 6) is 0.488. The lowest BCUT2D eigenvalue weighted by atomic mass is 9.76. The van der Waals surface area contributed by atoms with Crippen molar-refractivity contribution in [1.29, 1.82) is 0 Å². The molecule has 0 radical (unpaired) electrons. The fourth-order valence-electron chi connectivity index (χ4n) is 2.84. The van der Waals surface area contributed by atoms with Crippen LogP contribution in [0.3, 0.4) is 0 Å². The largest absolute Gasteiger partial charge is 0.370 e. The van der Waals surface area contributed by atoms with Crippen LogP contribution in [-0.2, 0) is 0 Å². The Hall–Kier alpha value is -1.29. The van der Waals surface area contributed by atoms with Gasteiger partial charge in [0.25, 0.3) is 5.91 Å². The molecule has 1 aliphatic carbocycles. The van der Waals surface area contributed by atoms with Gasteiger partial charge in [-0.3, -0.25) is 4.79 Å². The normalized spacial score (nSPS) is 17.3. The summed E-state index contributed by atoms with van der Waals surface area (Å²) >= 11 is 6.10. The Balaban J connectivity index is 2.01. The van der Waals surface area contributed by atoms with E-state index in [9.17, 15) is 4.79 Å². The molecule has 5 heteroatoms. The molecular weight excluding hydrogens is 286 g/mol. The van der Waals surface area contributed by atoms with Crippen molar-refractivity contribution in [2.45, 2.75) is 46.0 Å². The van der Waals surface area contributed by atoms with Gasteiger partial charge in [-0.2, -0.15) is 0 Å². The first-order chi connectivity index (χ1) is 10.0. The summed E-state index contributed by atoms with van der Waals surface area (Å²) in [6.07, 6.45) is 6.15. The lowest BCUT2D eigenvalue weighted by Gasteiger charge is -2.33. The van der Waals surface area contributed by atoms with E-state index in [0.29, 0.717) is 23.1 Å². The number of hydrogen-bond donors (Lipinski definition) is 2. The number of rotatable bonds is 5. The van der Waals surface area contributed by atoms with Gasteiger partial charge in [0.1, 0.15) is 11.5 Å². The Morgan fingerprint density at radius 1 is 1.33 bits per heavy atom. The minimum absolute atomic E-state index is 0.188. The molecule has 0 unspecified atom stereocenters. The molecule has 0 aromatic carbocycles. The first-order valence-corrected chi connectivity index (χ1v) is 8.10. The van der Waals surface area contributed by atoms with Crippen molar-refractivity contribution in [2.75, 3.05) is 18.4 Å². The summed E-state index contributed by atoms with van der Waals surface area (Å²) in [7, 11) is 0. The number of aromatic nitrogens is 1. The number of halogens is 1. The standard InChI is InChI=1S/C16H24ClN3O/c1-3-18-13-8-7-12(17)14(20-13)15(21)19-11-16(2)9-5-4-6-10-16/h7-8H,3-6,9-11H2,1-2H3,(H,18,20)(H,19,21). The summed E-state index contributed by atoms with van der Waals surface area (Å²) in [4.78, 5) is 16.6. The molecule has 1 heterocycles. The highest BCUT2D eigenvalue weighted by atomic mass is 35.5. The van der Waals surface area contributed by atoms with Crippen LogP contribution in [0, 0.1) is 5.41 Å². The average Bonchev–Trinajstić information content (AvgIpc) is 2.48. The van der Waals surface area contributed by atoms with Gasteiger partial charge in [-0.05, 0) is 37.3 Å². The molecule has 116 valence electrons. The molecule has 1 aromatic rings. The number of amides is 1. The molecule has 0 aliphatic heterocycles. The summed E-state index contributed by atoms with van der Waals surface area (Å²) in [6, 6.07) is 3.49. The van der Waals surface area contributed by atoms with Gasteiger partial charge in [0.05, 0.1) is 5.02 Å². The first-order valence-electron chi connectivity index (χ1n) is 7.73. The van der Waals surface area contributed by atoms with Crippen LogP contribution in [0.15, 0.2) is 12.1 Å². The zero-order valence-corrected chi connectivity index (χ0v) is 13.6. The first kappa shape index (κ1) is 16.1. The molecule has 21 heavy (non-hydrogen) atoms. The van der Waals surface area contributed by atoms with Crippen LogP contribution in [0.5, 0.6) is 0 Å². The van der Waals surface area contributed by atoms with Gasteiger partial charge in [-0.15, -0.1) is 0 Å². The van der Waals surface area contributed by atoms with E-state index in [1.807, 2.05) is 6.92 Å². The summed E-state index contributed by atoms with van der Waals surface area (Å²) in [6.45, 7) is 5.68. The predicted octanol–water partition coefficient (Wildman–Crippen LogP) is 3.87. The molecule has 0 bridgehead atoms. The van der Waals surface area contributed by atoms with Crippen LogP contribution < -0.4 is 10.6 Å². The van der Waals surface area contributed by atoms with Crippen LogP contribution in [0.4, 0.5) is 5.82 Å². The van der Waals surface area contributed by atoms with E-state index < -0.39 is 0 Å². The number of pyridine rings is 1. The third kappa shape index (κ3) is 4.34. The molecule has 0 atom stereocenters. The Morgan fingerprint density at radius 3 is 2.71 bits per heavy atom. The van der Waals surface area contributed by atoms with E-state index in [1.54, 1.807) is 12.1 Å². The van der Waals surface area contributed by atoms with Crippen molar-refractivity contribution in [3.8, 4) is 0 Å². The number of nitrogens with one attached hydrogen (secondary N) is 2. The smallest absolute Gasteiger partial charge is 0.271 e. The van der Waals surface area contributed by atoms with Gasteiger partial charge in [-0.25, -0.2) is 4.98 Å².